The number of nitrogens with zero attached hydrogens (tertiary/aromatic N) is 1. The lowest BCUT2D eigenvalue weighted by Gasteiger charge is -2.18. The Morgan fingerprint density at radius 2 is 2.10 bits per heavy atom. The van der Waals surface area contributed by atoms with Gasteiger partial charge in [-0.25, -0.2) is 0 Å². The van der Waals surface area contributed by atoms with Gasteiger partial charge in [0, 0.05) is 24.2 Å². The van der Waals surface area contributed by atoms with Crippen LogP contribution < -0.4 is 0 Å². The minimum absolute atomic E-state index is 0.106. The number of rotatable bonds is 2. The molecule has 1 saturated heterocycles. The predicted molar refractivity (Wildman–Crippen MR) is 79.3 cm³/mol. The van der Waals surface area contributed by atoms with E-state index in [-0.39, 0.29) is 12.5 Å². The minimum Gasteiger partial charge on any atom is -0.384 e. The summed E-state index contributed by atoms with van der Waals surface area (Å²) >= 11 is 0. The largest absolute Gasteiger partial charge is 0.384 e. The summed E-state index contributed by atoms with van der Waals surface area (Å²) in [4.78, 5) is 14.3. The van der Waals surface area contributed by atoms with Gasteiger partial charge in [-0.15, -0.1) is 0 Å². The first-order valence-corrected chi connectivity index (χ1v) is 7.11. The number of likely N-dealkylation sites (tertiary alicyclic amines) is 1. The average molecular weight is 271 g/mol. The second kappa shape index (κ2) is 6.58. The molecule has 106 valence electrons. The van der Waals surface area contributed by atoms with E-state index in [0.29, 0.717) is 17.4 Å². The maximum atomic E-state index is 12.4. The first-order valence-electron chi connectivity index (χ1n) is 7.11. The predicted octanol–water partition coefficient (Wildman–Crippen LogP) is 2.15. The minimum atomic E-state index is -0.148. The Hall–Kier alpha value is -1.79. The van der Waals surface area contributed by atoms with E-state index in [1.807, 2.05) is 29.2 Å². The van der Waals surface area contributed by atoms with Gasteiger partial charge in [0.05, 0.1) is 0 Å². The zero-order valence-corrected chi connectivity index (χ0v) is 12.1. The van der Waals surface area contributed by atoms with Crippen LogP contribution in [0.2, 0.25) is 0 Å². The quantitative estimate of drug-likeness (QED) is 0.837. The van der Waals surface area contributed by atoms with E-state index in [2.05, 4.69) is 25.7 Å². The van der Waals surface area contributed by atoms with Crippen LogP contribution in [-0.2, 0) is 0 Å². The Morgan fingerprint density at radius 3 is 2.65 bits per heavy atom. The van der Waals surface area contributed by atoms with Crippen molar-refractivity contribution in [2.24, 2.45) is 11.8 Å². The normalized spacial score (nSPS) is 18.0. The third-order valence-corrected chi connectivity index (χ3v) is 3.90. The van der Waals surface area contributed by atoms with Crippen molar-refractivity contribution in [1.29, 1.82) is 0 Å². The van der Waals surface area contributed by atoms with Gasteiger partial charge in [-0.1, -0.05) is 25.7 Å². The molecule has 3 nitrogen and oxygen atoms in total. The van der Waals surface area contributed by atoms with E-state index in [9.17, 15) is 4.79 Å². The Labute approximate surface area is 120 Å². The number of carbonyl (C=O) groups excluding carboxylic acids is 1. The van der Waals surface area contributed by atoms with Gasteiger partial charge in [0.15, 0.2) is 0 Å². The summed E-state index contributed by atoms with van der Waals surface area (Å²) in [6.07, 6.45) is 1.10. The number of carbonyl (C=O) groups is 1. The van der Waals surface area contributed by atoms with Crippen LogP contribution in [0, 0.1) is 23.7 Å². The van der Waals surface area contributed by atoms with Gasteiger partial charge in [0.2, 0.25) is 0 Å². The smallest absolute Gasteiger partial charge is 0.253 e. The molecular weight excluding hydrogens is 250 g/mol. The number of hydrogen-bond acceptors (Lipinski definition) is 2. The van der Waals surface area contributed by atoms with Crippen molar-refractivity contribution in [3.63, 3.8) is 0 Å². The van der Waals surface area contributed by atoms with Crippen LogP contribution in [-0.4, -0.2) is 35.6 Å². The lowest BCUT2D eigenvalue weighted by molar-refractivity contribution is 0.0784. The maximum absolute atomic E-state index is 12.4. The molecule has 1 heterocycles. The lowest BCUT2D eigenvalue weighted by atomic mass is 9.95. The second-order valence-electron chi connectivity index (χ2n) is 5.58. The van der Waals surface area contributed by atoms with Crippen LogP contribution in [0.25, 0.3) is 0 Å². The van der Waals surface area contributed by atoms with Crippen molar-refractivity contribution >= 4 is 5.91 Å². The molecule has 1 aromatic rings. The Morgan fingerprint density at radius 1 is 1.40 bits per heavy atom. The zero-order valence-electron chi connectivity index (χ0n) is 12.1. The molecule has 1 atom stereocenters. The number of aliphatic hydroxyl groups excluding tert-OH is 1. The fraction of sp³-hybridized carbons (Fsp3) is 0.471. The summed E-state index contributed by atoms with van der Waals surface area (Å²) in [5, 5.41) is 8.65. The number of aliphatic hydroxyl groups is 1. The van der Waals surface area contributed by atoms with Crippen LogP contribution in [0.4, 0.5) is 0 Å². The van der Waals surface area contributed by atoms with Crippen molar-refractivity contribution in [3.8, 4) is 11.8 Å². The van der Waals surface area contributed by atoms with E-state index >= 15 is 0 Å². The lowest BCUT2D eigenvalue weighted by Crippen LogP contribution is -2.29. The Kier molecular flexibility index (Phi) is 4.81. The molecule has 20 heavy (non-hydrogen) atoms. The van der Waals surface area contributed by atoms with Crippen LogP contribution in [0.5, 0.6) is 0 Å². The highest BCUT2D eigenvalue weighted by Gasteiger charge is 2.28. The molecule has 1 aliphatic heterocycles. The molecule has 0 bridgehead atoms. The fourth-order valence-electron chi connectivity index (χ4n) is 2.54. The summed E-state index contributed by atoms with van der Waals surface area (Å²) in [6, 6.07) is 7.27. The Bertz CT molecular complexity index is 522. The third kappa shape index (κ3) is 3.40. The van der Waals surface area contributed by atoms with Gasteiger partial charge in [0.1, 0.15) is 6.61 Å². The highest BCUT2D eigenvalue weighted by atomic mass is 16.2. The van der Waals surface area contributed by atoms with Crippen molar-refractivity contribution < 1.29 is 9.90 Å². The molecule has 1 aliphatic rings. The first kappa shape index (κ1) is 14.6. The van der Waals surface area contributed by atoms with Gasteiger partial charge in [-0.05, 0) is 42.5 Å². The number of benzene rings is 1. The van der Waals surface area contributed by atoms with Crippen molar-refractivity contribution in [2.45, 2.75) is 20.3 Å². The molecule has 0 radical (unpaired) electrons. The monoisotopic (exact) mass is 271 g/mol. The first-order chi connectivity index (χ1) is 9.61. The van der Waals surface area contributed by atoms with Gasteiger partial charge in [-0.3, -0.25) is 4.79 Å². The molecule has 0 spiro atoms. The molecule has 1 aromatic carbocycles. The third-order valence-electron chi connectivity index (χ3n) is 3.90. The summed E-state index contributed by atoms with van der Waals surface area (Å²) in [5.74, 6) is 6.78. The van der Waals surface area contributed by atoms with E-state index in [0.717, 1.165) is 25.1 Å². The van der Waals surface area contributed by atoms with Crippen molar-refractivity contribution in [2.75, 3.05) is 19.7 Å². The van der Waals surface area contributed by atoms with Gasteiger partial charge < -0.3 is 10.0 Å². The standard InChI is InChI=1S/C17H21NO2/c1-13(2)16-9-10-18(12-16)17(20)15-7-5-14(6-8-15)4-3-11-19/h5-8,13,16,19H,9-12H2,1-2H3. The van der Waals surface area contributed by atoms with Gasteiger partial charge in [0.25, 0.3) is 5.91 Å². The van der Waals surface area contributed by atoms with E-state index in [4.69, 9.17) is 5.11 Å². The Balaban J connectivity index is 2.03. The van der Waals surface area contributed by atoms with Crippen LogP contribution >= 0.6 is 0 Å². The molecule has 0 saturated carbocycles. The average Bonchev–Trinajstić information content (AvgIpc) is 2.95. The second-order valence-corrected chi connectivity index (χ2v) is 5.58. The molecule has 2 rings (SSSR count). The topological polar surface area (TPSA) is 40.5 Å². The maximum Gasteiger partial charge on any atom is 0.253 e. The summed E-state index contributed by atoms with van der Waals surface area (Å²) in [5.41, 5.74) is 1.53. The van der Waals surface area contributed by atoms with Crippen LogP contribution in [0.3, 0.4) is 0 Å². The molecular formula is C17H21NO2. The molecule has 1 unspecified atom stereocenters. The zero-order chi connectivity index (χ0) is 14.5. The molecule has 1 N–H and O–H groups in total. The highest BCUT2D eigenvalue weighted by molar-refractivity contribution is 5.94. The number of hydrogen-bond donors (Lipinski definition) is 1. The van der Waals surface area contributed by atoms with Crippen molar-refractivity contribution in [1.82, 2.24) is 4.90 Å². The molecule has 1 amide bonds. The van der Waals surface area contributed by atoms with Gasteiger partial charge >= 0.3 is 0 Å². The molecule has 3 heteroatoms. The van der Waals surface area contributed by atoms with Crippen molar-refractivity contribution in [3.05, 3.63) is 35.4 Å². The van der Waals surface area contributed by atoms with Gasteiger partial charge in [-0.2, -0.15) is 0 Å². The van der Waals surface area contributed by atoms with E-state index < -0.39 is 0 Å². The molecule has 0 aromatic heterocycles. The summed E-state index contributed by atoms with van der Waals surface area (Å²) < 4.78 is 0. The highest BCUT2D eigenvalue weighted by Crippen LogP contribution is 2.24. The van der Waals surface area contributed by atoms with E-state index in [1.165, 1.54) is 0 Å². The van der Waals surface area contributed by atoms with Crippen LogP contribution in [0.15, 0.2) is 24.3 Å². The molecule has 1 fully saturated rings. The summed E-state index contributed by atoms with van der Waals surface area (Å²) in [6.45, 7) is 6.00. The fourth-order valence-corrected chi connectivity index (χ4v) is 2.54. The molecule has 0 aliphatic carbocycles. The number of amides is 1. The SMILES string of the molecule is CC(C)C1CCN(C(=O)c2ccc(C#CCO)cc2)C1. The summed E-state index contributed by atoms with van der Waals surface area (Å²) in [7, 11) is 0. The van der Waals surface area contributed by atoms with E-state index in [1.54, 1.807) is 0 Å². The van der Waals surface area contributed by atoms with Crippen LogP contribution in [0.1, 0.15) is 36.2 Å².